The van der Waals surface area contributed by atoms with Gasteiger partial charge in [-0.15, -0.1) is 0 Å². The number of piperazine rings is 1. The van der Waals surface area contributed by atoms with E-state index < -0.39 is 6.04 Å². The third kappa shape index (κ3) is 3.04. The van der Waals surface area contributed by atoms with Crippen LogP contribution in [-0.4, -0.2) is 65.4 Å². The van der Waals surface area contributed by atoms with Crippen LogP contribution in [0.1, 0.15) is 23.2 Å². The number of hydrogen-bond acceptors (Lipinski definition) is 5. The molecule has 1 aliphatic rings. The Morgan fingerprint density at radius 1 is 1.38 bits per heavy atom. The number of nitrogens with zero attached hydrogens (tertiary/aromatic N) is 3. The number of aryl methyl sites for hydroxylation is 1. The quantitative estimate of drug-likeness (QED) is 0.786. The maximum atomic E-state index is 12.3. The summed E-state index contributed by atoms with van der Waals surface area (Å²) in [6.45, 7) is 3.93. The van der Waals surface area contributed by atoms with Crippen LogP contribution < -0.4 is 5.32 Å². The third-order valence-electron chi connectivity index (χ3n) is 3.47. The Morgan fingerprint density at radius 3 is 2.62 bits per heavy atom. The molecule has 1 aromatic heterocycles. The van der Waals surface area contributed by atoms with E-state index in [2.05, 4.69) is 10.5 Å². The molecule has 2 heterocycles. The first-order valence-electron chi connectivity index (χ1n) is 6.65. The first-order valence-corrected chi connectivity index (χ1v) is 6.65. The van der Waals surface area contributed by atoms with E-state index in [0.29, 0.717) is 18.8 Å². The lowest BCUT2D eigenvalue weighted by atomic mass is 10.1. The topological polar surface area (TPSA) is 95.8 Å². The number of nitrogens with one attached hydrogen (secondary N) is 1. The van der Waals surface area contributed by atoms with Gasteiger partial charge < -0.3 is 19.6 Å². The molecule has 0 spiro atoms. The van der Waals surface area contributed by atoms with Crippen LogP contribution in [-0.2, 0) is 9.59 Å². The molecule has 3 amide bonds. The van der Waals surface area contributed by atoms with E-state index in [1.165, 1.54) is 23.8 Å². The average Bonchev–Trinajstić information content (AvgIpc) is 2.91. The van der Waals surface area contributed by atoms with Crippen LogP contribution in [0.15, 0.2) is 10.6 Å². The highest BCUT2D eigenvalue weighted by molar-refractivity contribution is 5.94. The molecule has 1 fully saturated rings. The number of likely N-dealkylation sites (N-methyl/N-ethyl adjacent to an activating group) is 1. The molecule has 2 rings (SSSR count). The molecule has 1 N–H and O–H groups in total. The number of rotatable bonds is 2. The van der Waals surface area contributed by atoms with Gasteiger partial charge in [-0.25, -0.2) is 0 Å². The fourth-order valence-corrected chi connectivity index (χ4v) is 2.36. The SMILES string of the molecule is CNC(=O)C1CN(C(=O)c2cc(C)on2)CCN1C(C)=O. The summed E-state index contributed by atoms with van der Waals surface area (Å²) in [4.78, 5) is 38.8. The largest absolute Gasteiger partial charge is 0.361 e. The molecule has 0 aliphatic carbocycles. The summed E-state index contributed by atoms with van der Waals surface area (Å²) < 4.78 is 4.89. The van der Waals surface area contributed by atoms with Crippen LogP contribution in [0.25, 0.3) is 0 Å². The Bertz CT molecular complexity index is 568. The molecule has 0 bridgehead atoms. The normalized spacial score (nSPS) is 18.5. The van der Waals surface area contributed by atoms with Crippen molar-refractivity contribution in [3.8, 4) is 0 Å². The molecule has 0 aromatic carbocycles. The van der Waals surface area contributed by atoms with Crippen LogP contribution >= 0.6 is 0 Å². The summed E-state index contributed by atoms with van der Waals surface area (Å²) in [5.74, 6) is -0.237. The smallest absolute Gasteiger partial charge is 0.276 e. The summed E-state index contributed by atoms with van der Waals surface area (Å²) in [7, 11) is 1.50. The average molecular weight is 294 g/mol. The molecule has 1 atom stereocenters. The molecule has 1 saturated heterocycles. The van der Waals surface area contributed by atoms with Crippen LogP contribution in [0.4, 0.5) is 0 Å². The molecule has 8 heteroatoms. The maximum absolute atomic E-state index is 12.3. The third-order valence-corrected chi connectivity index (χ3v) is 3.47. The Balaban J connectivity index is 2.15. The van der Waals surface area contributed by atoms with Crippen molar-refractivity contribution < 1.29 is 18.9 Å². The molecule has 8 nitrogen and oxygen atoms in total. The minimum atomic E-state index is -0.682. The number of aromatic nitrogens is 1. The molecule has 1 aromatic rings. The van der Waals surface area contributed by atoms with Gasteiger partial charge in [0, 0.05) is 33.1 Å². The van der Waals surface area contributed by atoms with Gasteiger partial charge in [0.15, 0.2) is 5.69 Å². The molecule has 114 valence electrons. The number of amides is 3. The lowest BCUT2D eigenvalue weighted by molar-refractivity contribution is -0.141. The van der Waals surface area contributed by atoms with Crippen molar-refractivity contribution in [1.29, 1.82) is 0 Å². The fraction of sp³-hybridized carbons (Fsp3) is 0.538. The van der Waals surface area contributed by atoms with Gasteiger partial charge in [0.1, 0.15) is 11.8 Å². The highest BCUT2D eigenvalue weighted by Gasteiger charge is 2.36. The number of hydrogen-bond donors (Lipinski definition) is 1. The van der Waals surface area contributed by atoms with Crippen LogP contribution in [0, 0.1) is 6.92 Å². The zero-order chi connectivity index (χ0) is 15.6. The summed E-state index contributed by atoms with van der Waals surface area (Å²) in [5.41, 5.74) is 0.208. The van der Waals surface area contributed by atoms with E-state index in [1.807, 2.05) is 0 Å². The van der Waals surface area contributed by atoms with Crippen LogP contribution in [0.3, 0.4) is 0 Å². The standard InChI is InChI=1S/C13H18N4O4/c1-8-6-10(15-21-8)13(20)16-4-5-17(9(2)18)11(7-16)12(19)14-3/h6,11H,4-5,7H2,1-3H3,(H,14,19). The molecule has 1 aliphatic heterocycles. The van der Waals surface area contributed by atoms with Crippen molar-refractivity contribution in [3.05, 3.63) is 17.5 Å². The van der Waals surface area contributed by atoms with Gasteiger partial charge in [-0.3, -0.25) is 14.4 Å². The van der Waals surface area contributed by atoms with Crippen molar-refractivity contribution in [2.24, 2.45) is 0 Å². The van der Waals surface area contributed by atoms with Crippen molar-refractivity contribution in [2.75, 3.05) is 26.7 Å². The first-order chi connectivity index (χ1) is 9.93. The van der Waals surface area contributed by atoms with E-state index in [9.17, 15) is 14.4 Å². The van der Waals surface area contributed by atoms with Crippen molar-refractivity contribution in [2.45, 2.75) is 19.9 Å². The van der Waals surface area contributed by atoms with E-state index in [1.54, 1.807) is 13.0 Å². The zero-order valence-electron chi connectivity index (χ0n) is 12.3. The Hall–Kier alpha value is -2.38. The van der Waals surface area contributed by atoms with Gasteiger partial charge in [-0.1, -0.05) is 5.16 Å². The van der Waals surface area contributed by atoms with E-state index >= 15 is 0 Å². The second-order valence-electron chi connectivity index (χ2n) is 4.92. The fourth-order valence-electron chi connectivity index (χ4n) is 2.36. The van der Waals surface area contributed by atoms with Gasteiger partial charge in [0.05, 0.1) is 6.54 Å². The zero-order valence-corrected chi connectivity index (χ0v) is 12.3. The second kappa shape index (κ2) is 5.94. The Labute approximate surface area is 122 Å². The van der Waals surface area contributed by atoms with Gasteiger partial charge in [0.25, 0.3) is 5.91 Å². The van der Waals surface area contributed by atoms with Crippen LogP contribution in [0.5, 0.6) is 0 Å². The number of carbonyl (C=O) groups is 3. The maximum Gasteiger partial charge on any atom is 0.276 e. The molecular weight excluding hydrogens is 276 g/mol. The van der Waals surface area contributed by atoms with Gasteiger partial charge in [-0.2, -0.15) is 0 Å². The highest BCUT2D eigenvalue weighted by atomic mass is 16.5. The van der Waals surface area contributed by atoms with Crippen LogP contribution in [0.2, 0.25) is 0 Å². The molecule has 1 unspecified atom stereocenters. The molecule has 21 heavy (non-hydrogen) atoms. The summed E-state index contributed by atoms with van der Waals surface area (Å²) >= 11 is 0. The Kier molecular flexibility index (Phi) is 4.25. The summed E-state index contributed by atoms with van der Waals surface area (Å²) in [5, 5.41) is 6.21. The predicted octanol–water partition coefficient (Wildman–Crippen LogP) is -0.598. The van der Waals surface area contributed by atoms with Gasteiger partial charge in [-0.05, 0) is 6.92 Å². The van der Waals surface area contributed by atoms with Crippen molar-refractivity contribution in [1.82, 2.24) is 20.3 Å². The lowest BCUT2D eigenvalue weighted by Crippen LogP contribution is -2.60. The number of carbonyl (C=O) groups excluding carboxylic acids is 3. The summed E-state index contributed by atoms with van der Waals surface area (Å²) in [6.07, 6.45) is 0. The van der Waals surface area contributed by atoms with Crippen molar-refractivity contribution in [3.63, 3.8) is 0 Å². The van der Waals surface area contributed by atoms with E-state index in [-0.39, 0.29) is 30.0 Å². The monoisotopic (exact) mass is 294 g/mol. The van der Waals surface area contributed by atoms with E-state index in [0.717, 1.165) is 0 Å². The van der Waals surface area contributed by atoms with Gasteiger partial charge in [0.2, 0.25) is 11.8 Å². The minimum absolute atomic E-state index is 0.143. The Morgan fingerprint density at radius 2 is 2.10 bits per heavy atom. The molecular formula is C13H18N4O4. The molecule has 0 radical (unpaired) electrons. The summed E-state index contributed by atoms with van der Waals surface area (Å²) in [6, 6.07) is 0.868. The second-order valence-corrected chi connectivity index (χ2v) is 4.92. The minimum Gasteiger partial charge on any atom is -0.361 e. The van der Waals surface area contributed by atoms with Crippen molar-refractivity contribution >= 4 is 17.7 Å². The highest BCUT2D eigenvalue weighted by Crippen LogP contribution is 2.14. The predicted molar refractivity (Wildman–Crippen MR) is 72.4 cm³/mol. The van der Waals surface area contributed by atoms with E-state index in [4.69, 9.17) is 4.52 Å². The van der Waals surface area contributed by atoms with Gasteiger partial charge >= 0.3 is 0 Å². The lowest BCUT2D eigenvalue weighted by Gasteiger charge is -2.39. The molecule has 0 saturated carbocycles. The first kappa shape index (κ1) is 15.0.